The zero-order valence-electron chi connectivity index (χ0n) is 7.87. The Morgan fingerprint density at radius 2 is 1.29 bits per heavy atom. The summed E-state index contributed by atoms with van der Waals surface area (Å²) in [5.41, 5.74) is 3.71. The van der Waals surface area contributed by atoms with Crippen molar-refractivity contribution in [2.75, 3.05) is 0 Å². The number of thiocarbonyl (C=S) groups is 2. The van der Waals surface area contributed by atoms with Crippen LogP contribution < -0.4 is 0 Å². The Labute approximate surface area is 93.4 Å². The summed E-state index contributed by atoms with van der Waals surface area (Å²) in [5.74, 6) is 0. The molecule has 0 spiro atoms. The molecule has 1 rings (SSSR count). The third-order valence-corrected chi connectivity index (χ3v) is 2.24. The average Bonchev–Trinajstić information content (AvgIpc) is 2.18. The highest BCUT2D eigenvalue weighted by Crippen LogP contribution is 2.28. The summed E-state index contributed by atoms with van der Waals surface area (Å²) in [7, 11) is 0. The van der Waals surface area contributed by atoms with E-state index in [0.29, 0.717) is 0 Å². The Morgan fingerprint density at radius 3 is 1.57 bits per heavy atom. The molecular weight excluding hydrogens is 212 g/mol. The normalized spacial score (nSPS) is 8.71. The van der Waals surface area contributed by atoms with Gasteiger partial charge in [0.05, 0.1) is 21.7 Å². The largest absolute Gasteiger partial charge is 0.194 e. The molecule has 0 unspecified atom stereocenters. The van der Waals surface area contributed by atoms with Gasteiger partial charge in [0.1, 0.15) is 0 Å². The zero-order chi connectivity index (χ0) is 10.6. The van der Waals surface area contributed by atoms with Crippen LogP contribution in [0.15, 0.2) is 22.1 Å². The lowest BCUT2D eigenvalue weighted by Gasteiger charge is -2.05. The number of hydrogen-bond acceptors (Lipinski definition) is 4. The van der Waals surface area contributed by atoms with Crippen LogP contribution in [0.25, 0.3) is 0 Å². The number of aliphatic imine (C=N–C) groups is 2. The molecule has 0 saturated heterocycles. The first-order chi connectivity index (χ1) is 6.70. The summed E-state index contributed by atoms with van der Waals surface area (Å²) in [6.07, 6.45) is 0. The predicted molar refractivity (Wildman–Crippen MR) is 65.3 cm³/mol. The predicted octanol–water partition coefficient (Wildman–Crippen LogP) is 3.77. The lowest BCUT2D eigenvalue weighted by Crippen LogP contribution is -1.82. The minimum Gasteiger partial charge on any atom is -0.194 e. The highest BCUT2D eigenvalue weighted by molar-refractivity contribution is 7.78. The van der Waals surface area contributed by atoms with Gasteiger partial charge < -0.3 is 0 Å². The van der Waals surface area contributed by atoms with E-state index >= 15 is 0 Å². The molecule has 0 radical (unpaired) electrons. The molecule has 0 atom stereocenters. The van der Waals surface area contributed by atoms with Crippen molar-refractivity contribution in [1.29, 1.82) is 0 Å². The van der Waals surface area contributed by atoms with E-state index < -0.39 is 0 Å². The van der Waals surface area contributed by atoms with Gasteiger partial charge in [0.2, 0.25) is 0 Å². The van der Waals surface area contributed by atoms with E-state index in [2.05, 4.69) is 44.7 Å². The molecule has 2 nitrogen and oxygen atoms in total. The fourth-order valence-electron chi connectivity index (χ4n) is 1.13. The van der Waals surface area contributed by atoms with Gasteiger partial charge in [0, 0.05) is 0 Å². The summed E-state index contributed by atoms with van der Waals surface area (Å²) in [6, 6.07) is 3.68. The van der Waals surface area contributed by atoms with Crippen molar-refractivity contribution in [3.8, 4) is 0 Å². The van der Waals surface area contributed by atoms with Gasteiger partial charge in [-0.15, -0.1) is 0 Å². The molecular formula is C10H8N2S2. The molecule has 0 aliphatic carbocycles. The van der Waals surface area contributed by atoms with E-state index in [0.717, 1.165) is 22.5 Å². The van der Waals surface area contributed by atoms with Crippen LogP contribution in [0, 0.1) is 13.8 Å². The Hall–Kier alpha value is -1.18. The Kier molecular flexibility index (Phi) is 3.81. The summed E-state index contributed by atoms with van der Waals surface area (Å²) in [4.78, 5) is 7.89. The molecule has 0 amide bonds. The molecule has 14 heavy (non-hydrogen) atoms. The van der Waals surface area contributed by atoms with E-state index in [9.17, 15) is 0 Å². The smallest absolute Gasteiger partial charge is 0.0772 e. The van der Waals surface area contributed by atoms with Gasteiger partial charge in [-0.25, -0.2) is 0 Å². The SMILES string of the molecule is Cc1c(N=C=S)ccc(N=C=S)c1C. The van der Waals surface area contributed by atoms with Crippen LogP contribution in [0.2, 0.25) is 0 Å². The highest BCUT2D eigenvalue weighted by Gasteiger charge is 2.03. The van der Waals surface area contributed by atoms with E-state index in [4.69, 9.17) is 0 Å². The van der Waals surface area contributed by atoms with Crippen LogP contribution in [0.1, 0.15) is 11.1 Å². The topological polar surface area (TPSA) is 24.7 Å². The van der Waals surface area contributed by atoms with Gasteiger partial charge in [0.15, 0.2) is 0 Å². The van der Waals surface area contributed by atoms with Crippen molar-refractivity contribution >= 4 is 46.1 Å². The summed E-state index contributed by atoms with van der Waals surface area (Å²) >= 11 is 9.10. The van der Waals surface area contributed by atoms with Crippen molar-refractivity contribution in [2.45, 2.75) is 13.8 Å². The third-order valence-electron chi connectivity index (χ3n) is 2.06. The minimum atomic E-state index is 0.820. The maximum Gasteiger partial charge on any atom is 0.0772 e. The first-order valence-electron chi connectivity index (χ1n) is 3.96. The number of isothiocyanates is 2. The van der Waals surface area contributed by atoms with E-state index in [-0.39, 0.29) is 0 Å². The molecule has 0 N–H and O–H groups in total. The molecule has 0 bridgehead atoms. The van der Waals surface area contributed by atoms with Crippen molar-refractivity contribution in [1.82, 2.24) is 0 Å². The monoisotopic (exact) mass is 220 g/mol. The standard InChI is InChI=1S/C10H8N2S2/c1-7-8(2)10(12-6-14)4-3-9(7)11-5-13/h3-4H,1-2H3. The maximum atomic E-state index is 4.55. The molecule has 0 heterocycles. The number of nitrogens with zero attached hydrogens (tertiary/aromatic N) is 2. The van der Waals surface area contributed by atoms with Gasteiger partial charge in [-0.05, 0) is 61.5 Å². The Bertz CT molecular complexity index is 410. The van der Waals surface area contributed by atoms with E-state index in [1.807, 2.05) is 26.0 Å². The molecule has 0 aliphatic rings. The molecule has 0 aliphatic heterocycles. The minimum absolute atomic E-state index is 0.820. The van der Waals surface area contributed by atoms with Gasteiger partial charge in [-0.3, -0.25) is 0 Å². The van der Waals surface area contributed by atoms with Crippen molar-refractivity contribution in [3.05, 3.63) is 23.3 Å². The molecule has 70 valence electrons. The van der Waals surface area contributed by atoms with E-state index in [1.165, 1.54) is 0 Å². The molecule has 0 fully saturated rings. The first kappa shape index (κ1) is 10.9. The number of rotatable bonds is 2. The van der Waals surface area contributed by atoms with Gasteiger partial charge in [-0.1, -0.05) is 0 Å². The second kappa shape index (κ2) is 4.89. The molecule has 1 aromatic carbocycles. The number of hydrogen-bond donors (Lipinski definition) is 0. The molecule has 1 aromatic rings. The van der Waals surface area contributed by atoms with Crippen LogP contribution in [-0.2, 0) is 0 Å². The fourth-order valence-corrected chi connectivity index (χ4v) is 1.33. The van der Waals surface area contributed by atoms with Crippen LogP contribution in [0.4, 0.5) is 11.4 Å². The lowest BCUT2D eigenvalue weighted by atomic mass is 10.1. The quantitative estimate of drug-likeness (QED) is 0.560. The summed E-state index contributed by atoms with van der Waals surface area (Å²) in [5, 5.41) is 4.69. The van der Waals surface area contributed by atoms with Crippen molar-refractivity contribution in [3.63, 3.8) is 0 Å². The van der Waals surface area contributed by atoms with Crippen molar-refractivity contribution < 1.29 is 0 Å². The maximum absolute atomic E-state index is 4.55. The van der Waals surface area contributed by atoms with Gasteiger partial charge in [-0.2, -0.15) is 9.98 Å². The molecule has 0 aromatic heterocycles. The van der Waals surface area contributed by atoms with Gasteiger partial charge in [0.25, 0.3) is 0 Å². The Morgan fingerprint density at radius 1 is 0.929 bits per heavy atom. The highest BCUT2D eigenvalue weighted by atomic mass is 32.1. The van der Waals surface area contributed by atoms with Gasteiger partial charge >= 0.3 is 0 Å². The average molecular weight is 220 g/mol. The molecule has 0 saturated carbocycles. The summed E-state index contributed by atoms with van der Waals surface area (Å²) < 4.78 is 0. The van der Waals surface area contributed by atoms with Crippen LogP contribution in [0.5, 0.6) is 0 Å². The summed E-state index contributed by atoms with van der Waals surface area (Å²) in [6.45, 7) is 3.92. The fraction of sp³-hybridized carbons (Fsp3) is 0.200. The number of benzene rings is 1. The van der Waals surface area contributed by atoms with Crippen LogP contribution >= 0.6 is 24.4 Å². The second-order valence-electron chi connectivity index (χ2n) is 2.76. The zero-order valence-corrected chi connectivity index (χ0v) is 9.50. The first-order valence-corrected chi connectivity index (χ1v) is 4.78. The second-order valence-corrected chi connectivity index (χ2v) is 3.13. The lowest BCUT2D eigenvalue weighted by molar-refractivity contribution is 1.30. The Balaban J connectivity index is 3.39. The molecule has 4 heteroatoms. The van der Waals surface area contributed by atoms with Crippen molar-refractivity contribution in [2.24, 2.45) is 9.98 Å². The van der Waals surface area contributed by atoms with E-state index in [1.54, 1.807) is 0 Å². The van der Waals surface area contributed by atoms with Crippen LogP contribution in [-0.4, -0.2) is 10.3 Å². The van der Waals surface area contributed by atoms with Crippen LogP contribution in [0.3, 0.4) is 0 Å². The third kappa shape index (κ3) is 2.19.